The highest BCUT2D eigenvalue weighted by Gasteiger charge is 2.44. The van der Waals surface area contributed by atoms with Crippen LogP contribution in [0.5, 0.6) is 5.75 Å². The third kappa shape index (κ3) is 6.28. The Kier molecular flexibility index (Phi) is 8.37. The summed E-state index contributed by atoms with van der Waals surface area (Å²) in [6.45, 7) is 8.14. The number of piperidine rings is 1. The van der Waals surface area contributed by atoms with Crippen LogP contribution in [-0.4, -0.2) is 73.8 Å². The molecular weight excluding hydrogens is 512 g/mol. The summed E-state index contributed by atoms with van der Waals surface area (Å²) in [6, 6.07) is 0.682. The number of carbonyl (C=O) groups is 3. The Morgan fingerprint density at radius 2 is 1.87 bits per heavy atom. The molecule has 3 aliphatic rings. The molecule has 1 N–H and O–H groups in total. The first kappa shape index (κ1) is 28.6. The number of hydrogen-bond acceptors (Lipinski definition) is 8. The number of benzene rings is 1. The van der Waals surface area contributed by atoms with Crippen LogP contribution in [0, 0.1) is 17.6 Å². The summed E-state index contributed by atoms with van der Waals surface area (Å²) in [7, 11) is 1.20. The van der Waals surface area contributed by atoms with Gasteiger partial charge in [-0.15, -0.1) is 0 Å². The fraction of sp³-hybridized carbons (Fsp3) is 0.607. The maximum atomic E-state index is 15.8. The fourth-order valence-electron chi connectivity index (χ4n) is 5.17. The van der Waals surface area contributed by atoms with Crippen LogP contribution in [0.25, 0.3) is 0 Å². The van der Waals surface area contributed by atoms with E-state index in [4.69, 9.17) is 14.2 Å². The molecule has 0 radical (unpaired) electrons. The molecule has 3 fully saturated rings. The molecule has 1 aromatic carbocycles. The number of amides is 1. The average Bonchev–Trinajstić information content (AvgIpc) is 3.59. The van der Waals surface area contributed by atoms with E-state index in [1.807, 2.05) is 0 Å². The topological polar surface area (TPSA) is 97.4 Å². The number of halogens is 2. The molecule has 1 saturated carbocycles. The number of carbonyl (C=O) groups excluding carboxylic acids is 3. The molecule has 1 aliphatic carbocycles. The zero-order valence-corrected chi connectivity index (χ0v) is 23.1. The van der Waals surface area contributed by atoms with Crippen LogP contribution in [0.4, 0.5) is 19.3 Å². The molecule has 214 valence electrons. The highest BCUT2D eigenvalue weighted by Crippen LogP contribution is 2.42. The van der Waals surface area contributed by atoms with Crippen LogP contribution in [0.15, 0.2) is 17.8 Å². The van der Waals surface area contributed by atoms with Crippen molar-refractivity contribution in [3.8, 4) is 5.75 Å². The lowest BCUT2D eigenvalue weighted by molar-refractivity contribution is -0.138. The maximum Gasteiger partial charge on any atom is 0.410 e. The van der Waals surface area contributed by atoms with Crippen molar-refractivity contribution in [2.45, 2.75) is 71.1 Å². The van der Waals surface area contributed by atoms with Crippen LogP contribution in [0.1, 0.15) is 63.7 Å². The Labute approximate surface area is 227 Å². The van der Waals surface area contributed by atoms with Crippen molar-refractivity contribution in [1.82, 2.24) is 10.2 Å². The van der Waals surface area contributed by atoms with Crippen LogP contribution in [0.2, 0.25) is 0 Å². The molecule has 2 aliphatic heterocycles. The van der Waals surface area contributed by atoms with Gasteiger partial charge in [0.05, 0.1) is 25.3 Å². The van der Waals surface area contributed by atoms with E-state index in [0.29, 0.717) is 13.1 Å². The minimum absolute atomic E-state index is 0.0175. The summed E-state index contributed by atoms with van der Waals surface area (Å²) in [6.07, 6.45) is 4.15. The number of likely N-dealkylation sites (tertiary alicyclic amines) is 1. The lowest BCUT2D eigenvalue weighted by Gasteiger charge is -2.37. The molecule has 0 aromatic heterocycles. The summed E-state index contributed by atoms with van der Waals surface area (Å²) >= 11 is 0. The van der Waals surface area contributed by atoms with Gasteiger partial charge in [0.1, 0.15) is 16.9 Å². The van der Waals surface area contributed by atoms with E-state index in [1.54, 1.807) is 37.5 Å². The van der Waals surface area contributed by atoms with Crippen LogP contribution in [-0.2, 0) is 14.3 Å². The van der Waals surface area contributed by atoms with Gasteiger partial charge in [-0.2, -0.15) is 0 Å². The average molecular weight is 550 g/mol. The number of nitrogens with zero attached hydrogens (tertiary/aromatic N) is 2. The first-order valence-electron chi connectivity index (χ1n) is 13.4. The molecular formula is C28H37F2N3O6. The normalized spacial score (nSPS) is 21.4. The summed E-state index contributed by atoms with van der Waals surface area (Å²) in [5.74, 6) is -4.26. The van der Waals surface area contributed by atoms with Crippen molar-refractivity contribution >= 4 is 23.5 Å². The first-order valence-corrected chi connectivity index (χ1v) is 13.4. The van der Waals surface area contributed by atoms with Gasteiger partial charge in [0.15, 0.2) is 17.4 Å². The lowest BCUT2D eigenvalue weighted by Crippen LogP contribution is -2.50. The molecule has 1 aromatic rings. The lowest BCUT2D eigenvalue weighted by atomic mass is 9.92. The van der Waals surface area contributed by atoms with Gasteiger partial charge >= 0.3 is 12.1 Å². The van der Waals surface area contributed by atoms with Gasteiger partial charge in [-0.25, -0.2) is 18.4 Å². The van der Waals surface area contributed by atoms with Gasteiger partial charge < -0.3 is 29.3 Å². The molecule has 2 saturated heterocycles. The molecule has 39 heavy (non-hydrogen) atoms. The number of fused-ring (bicyclic) bond motifs is 1. The Morgan fingerprint density at radius 3 is 2.49 bits per heavy atom. The van der Waals surface area contributed by atoms with Gasteiger partial charge in [-0.05, 0) is 65.4 Å². The van der Waals surface area contributed by atoms with E-state index < -0.39 is 52.0 Å². The number of ketones is 1. The zero-order valence-electron chi connectivity index (χ0n) is 23.1. The summed E-state index contributed by atoms with van der Waals surface area (Å²) in [5.41, 5.74) is -1.83. The zero-order chi connectivity index (χ0) is 28.5. The minimum Gasteiger partial charge on any atom is -0.491 e. The van der Waals surface area contributed by atoms with Crippen LogP contribution in [0.3, 0.4) is 0 Å². The molecule has 0 unspecified atom stereocenters. The van der Waals surface area contributed by atoms with Crippen LogP contribution >= 0.6 is 0 Å². The third-order valence-corrected chi connectivity index (χ3v) is 7.10. The third-order valence-electron chi connectivity index (χ3n) is 7.10. The van der Waals surface area contributed by atoms with E-state index >= 15 is 8.78 Å². The summed E-state index contributed by atoms with van der Waals surface area (Å²) in [4.78, 5) is 41.9. The molecule has 9 nitrogen and oxygen atoms in total. The van der Waals surface area contributed by atoms with E-state index in [9.17, 15) is 14.4 Å². The SMILES string of the molecule is CCOC(=O)/C(=C\NC1CC1)C(=O)c1cc(F)c(N2C[C@@H]3CCCN(C(=O)OC(C)(C)C)[C@@H]3C2)c(OC)c1F. The van der Waals surface area contributed by atoms with Gasteiger partial charge in [0, 0.05) is 31.9 Å². The molecule has 11 heteroatoms. The van der Waals surface area contributed by atoms with Crippen LogP contribution < -0.4 is 15.0 Å². The molecule has 0 spiro atoms. The molecule has 0 bridgehead atoms. The standard InChI is InChI=1S/C28H37F2N3O6/c1-6-38-26(35)19(13-31-17-9-10-17)24(34)18-12-20(29)23(25(37-5)22(18)30)32-14-16-8-7-11-33(21(16)15-32)27(36)39-28(2,3)4/h12-13,16-17,21,31H,6-11,14-15H2,1-5H3/b19-13-/t16-,21+/m0/s1. The number of nitrogens with one attached hydrogen (secondary N) is 1. The quantitative estimate of drug-likeness (QED) is 0.170. The highest BCUT2D eigenvalue weighted by molar-refractivity contribution is 6.24. The predicted octanol–water partition coefficient (Wildman–Crippen LogP) is 4.19. The maximum absolute atomic E-state index is 15.8. The second-order valence-corrected chi connectivity index (χ2v) is 11.2. The monoisotopic (exact) mass is 549 g/mol. The van der Waals surface area contributed by atoms with Crippen molar-refractivity contribution in [3.05, 3.63) is 35.0 Å². The number of ether oxygens (including phenoxy) is 3. The van der Waals surface area contributed by atoms with Crippen molar-refractivity contribution in [2.75, 3.05) is 38.3 Å². The van der Waals surface area contributed by atoms with E-state index in [0.717, 1.165) is 31.7 Å². The Balaban J connectivity index is 1.63. The van der Waals surface area contributed by atoms with Gasteiger partial charge in [0.2, 0.25) is 5.78 Å². The fourth-order valence-corrected chi connectivity index (χ4v) is 5.17. The molecule has 2 atom stereocenters. The largest absolute Gasteiger partial charge is 0.491 e. The number of rotatable bonds is 8. The van der Waals surface area contributed by atoms with E-state index in [-0.39, 0.29) is 36.8 Å². The Bertz CT molecular complexity index is 1160. The molecule has 2 heterocycles. The second-order valence-electron chi connectivity index (χ2n) is 11.2. The summed E-state index contributed by atoms with van der Waals surface area (Å²) < 4.78 is 47.3. The molecule has 4 rings (SSSR count). The van der Waals surface area contributed by atoms with Gasteiger partial charge in [0.25, 0.3) is 0 Å². The van der Waals surface area contributed by atoms with Crippen molar-refractivity contribution in [3.63, 3.8) is 0 Å². The highest BCUT2D eigenvalue weighted by atomic mass is 19.1. The number of Topliss-reactive ketones (excluding diaryl/α,β-unsaturated/α-hetero) is 1. The second kappa shape index (κ2) is 11.4. The Hall–Kier alpha value is -3.37. The van der Waals surface area contributed by atoms with Gasteiger partial charge in [-0.1, -0.05) is 0 Å². The first-order chi connectivity index (χ1) is 18.4. The number of hydrogen-bond donors (Lipinski definition) is 1. The number of methoxy groups -OCH3 is 1. The van der Waals surface area contributed by atoms with Gasteiger partial charge in [-0.3, -0.25) is 4.79 Å². The number of anilines is 1. The summed E-state index contributed by atoms with van der Waals surface area (Å²) in [5, 5.41) is 2.94. The number of esters is 1. The smallest absolute Gasteiger partial charge is 0.410 e. The van der Waals surface area contributed by atoms with Crippen molar-refractivity contribution in [2.24, 2.45) is 5.92 Å². The molecule has 1 amide bonds. The predicted molar refractivity (Wildman–Crippen MR) is 140 cm³/mol. The minimum atomic E-state index is -1.07. The van der Waals surface area contributed by atoms with Crippen molar-refractivity contribution < 1.29 is 37.4 Å². The van der Waals surface area contributed by atoms with E-state index in [1.165, 1.54) is 13.3 Å². The van der Waals surface area contributed by atoms with E-state index in [2.05, 4.69) is 5.32 Å². The Morgan fingerprint density at radius 1 is 1.15 bits per heavy atom. The van der Waals surface area contributed by atoms with Crippen molar-refractivity contribution in [1.29, 1.82) is 0 Å².